The number of ether oxygens (including phenoxy) is 2. The normalized spacial score (nSPS) is 10.8. The molecule has 3 aromatic carbocycles. The summed E-state index contributed by atoms with van der Waals surface area (Å²) in [7, 11) is 1.42. The Morgan fingerprint density at radius 1 is 1.06 bits per heavy atom. The number of nitro benzene ring substituents is 2. The van der Waals surface area contributed by atoms with E-state index in [1.807, 2.05) is 35.7 Å². The minimum absolute atomic E-state index is 0.159. The molecular weight excluding hydrogens is 554 g/mol. The zero-order valence-electron chi connectivity index (χ0n) is 18.5. The fourth-order valence-corrected chi connectivity index (χ4v) is 4.31. The highest BCUT2D eigenvalue weighted by molar-refractivity contribution is 9.10. The average molecular weight is 570 g/mol. The SMILES string of the molecule is COc1cc(C=NNc2nc(-c3ccccc3)cs2)cc(Br)c1Oc1ccc([N+](=O)[O-])cc1[N+](=O)[O-]. The molecule has 0 aliphatic rings. The van der Waals surface area contributed by atoms with E-state index in [9.17, 15) is 20.2 Å². The molecule has 0 aliphatic carbocycles. The van der Waals surface area contributed by atoms with Crippen molar-refractivity contribution in [1.29, 1.82) is 0 Å². The van der Waals surface area contributed by atoms with Gasteiger partial charge < -0.3 is 9.47 Å². The fraction of sp³-hybridized carbons (Fsp3) is 0.0435. The summed E-state index contributed by atoms with van der Waals surface area (Å²) in [6.45, 7) is 0. The summed E-state index contributed by atoms with van der Waals surface area (Å²) in [4.78, 5) is 25.4. The number of nitrogens with one attached hydrogen (secondary N) is 1. The Bertz CT molecular complexity index is 1460. The summed E-state index contributed by atoms with van der Waals surface area (Å²) in [6, 6.07) is 16.2. The van der Waals surface area contributed by atoms with Crippen LogP contribution in [0.1, 0.15) is 5.56 Å². The minimum atomic E-state index is -0.753. The van der Waals surface area contributed by atoms with E-state index >= 15 is 0 Å². The number of hydrazone groups is 1. The second-order valence-electron chi connectivity index (χ2n) is 7.08. The lowest BCUT2D eigenvalue weighted by Crippen LogP contribution is -1.99. The summed E-state index contributed by atoms with van der Waals surface area (Å²) in [5.41, 5.74) is 4.39. The first-order chi connectivity index (χ1) is 17.4. The van der Waals surface area contributed by atoms with E-state index in [4.69, 9.17) is 9.47 Å². The van der Waals surface area contributed by atoms with E-state index in [0.29, 0.717) is 15.2 Å². The predicted octanol–water partition coefficient (Wildman–Crippen LogP) is 6.64. The van der Waals surface area contributed by atoms with E-state index in [0.717, 1.165) is 23.4 Å². The molecule has 11 nitrogen and oxygen atoms in total. The zero-order valence-corrected chi connectivity index (χ0v) is 20.9. The number of halogens is 1. The third-order valence-electron chi connectivity index (χ3n) is 4.76. The number of methoxy groups -OCH3 is 1. The van der Waals surface area contributed by atoms with Crippen LogP contribution >= 0.6 is 27.3 Å². The van der Waals surface area contributed by atoms with Crippen LogP contribution in [0.3, 0.4) is 0 Å². The monoisotopic (exact) mass is 569 g/mol. The molecule has 0 unspecified atom stereocenters. The van der Waals surface area contributed by atoms with Gasteiger partial charge in [-0.3, -0.25) is 25.7 Å². The Kier molecular flexibility index (Phi) is 7.51. The first kappa shape index (κ1) is 24.8. The van der Waals surface area contributed by atoms with E-state index in [-0.39, 0.29) is 17.2 Å². The standard InChI is InChI=1S/C23H16BrN5O6S/c1-34-21-10-14(12-25-27-23-26-18(13-36-23)15-5-3-2-4-6-15)9-17(24)22(21)35-20-8-7-16(28(30)31)11-19(20)29(32)33/h2-13H,1H3,(H,26,27). The van der Waals surface area contributed by atoms with Gasteiger partial charge in [0.2, 0.25) is 10.9 Å². The Balaban J connectivity index is 1.53. The highest BCUT2D eigenvalue weighted by Gasteiger charge is 2.23. The van der Waals surface area contributed by atoms with Crippen LogP contribution in [-0.2, 0) is 0 Å². The van der Waals surface area contributed by atoms with Crippen molar-refractivity contribution in [2.45, 2.75) is 0 Å². The molecular formula is C23H16BrN5O6S. The van der Waals surface area contributed by atoms with Crippen LogP contribution in [0.15, 0.2) is 75.6 Å². The van der Waals surface area contributed by atoms with Crippen LogP contribution < -0.4 is 14.9 Å². The lowest BCUT2D eigenvalue weighted by molar-refractivity contribution is -0.394. The molecule has 0 spiro atoms. The molecule has 182 valence electrons. The first-order valence-corrected chi connectivity index (χ1v) is 11.8. The molecule has 0 saturated carbocycles. The molecule has 4 aromatic rings. The van der Waals surface area contributed by atoms with Crippen molar-refractivity contribution in [2.75, 3.05) is 12.5 Å². The van der Waals surface area contributed by atoms with Crippen LogP contribution in [0.4, 0.5) is 16.5 Å². The zero-order chi connectivity index (χ0) is 25.7. The summed E-state index contributed by atoms with van der Waals surface area (Å²) >= 11 is 4.80. The number of rotatable bonds is 9. The number of thiazole rings is 1. The van der Waals surface area contributed by atoms with E-state index in [1.165, 1.54) is 24.5 Å². The van der Waals surface area contributed by atoms with E-state index < -0.39 is 21.2 Å². The van der Waals surface area contributed by atoms with Gasteiger partial charge in [-0.25, -0.2) is 4.98 Å². The van der Waals surface area contributed by atoms with Gasteiger partial charge in [0, 0.05) is 17.0 Å². The Hall–Kier alpha value is -4.36. The molecule has 0 aliphatic heterocycles. The van der Waals surface area contributed by atoms with Gasteiger partial charge in [-0.2, -0.15) is 5.10 Å². The molecule has 4 rings (SSSR count). The van der Waals surface area contributed by atoms with Crippen molar-refractivity contribution < 1.29 is 19.3 Å². The summed E-state index contributed by atoms with van der Waals surface area (Å²) in [5.74, 6) is 0.247. The van der Waals surface area contributed by atoms with Crippen LogP contribution in [-0.4, -0.2) is 28.2 Å². The lowest BCUT2D eigenvalue weighted by Gasteiger charge is -2.13. The van der Waals surface area contributed by atoms with E-state index in [2.05, 4.69) is 31.4 Å². The number of nitro groups is 2. The second kappa shape index (κ2) is 10.9. The highest BCUT2D eigenvalue weighted by atomic mass is 79.9. The summed E-state index contributed by atoms with van der Waals surface area (Å²) < 4.78 is 11.5. The Labute approximate surface area is 216 Å². The van der Waals surface area contributed by atoms with Gasteiger partial charge in [-0.15, -0.1) is 11.3 Å². The molecule has 0 bridgehead atoms. The molecule has 13 heteroatoms. The third-order valence-corrected chi connectivity index (χ3v) is 6.10. The van der Waals surface area contributed by atoms with Crippen molar-refractivity contribution in [3.8, 4) is 28.5 Å². The second-order valence-corrected chi connectivity index (χ2v) is 8.79. The van der Waals surface area contributed by atoms with Crippen molar-refractivity contribution >= 4 is 50.0 Å². The minimum Gasteiger partial charge on any atom is -0.493 e. The maximum Gasteiger partial charge on any atom is 0.318 e. The quantitative estimate of drug-likeness (QED) is 0.134. The maximum absolute atomic E-state index is 11.4. The molecule has 0 fully saturated rings. The van der Waals surface area contributed by atoms with Crippen molar-refractivity contribution in [1.82, 2.24) is 4.98 Å². The number of hydrogen-bond acceptors (Lipinski definition) is 10. The highest BCUT2D eigenvalue weighted by Crippen LogP contribution is 2.42. The molecule has 1 aromatic heterocycles. The molecule has 0 amide bonds. The number of anilines is 1. The van der Waals surface area contributed by atoms with Gasteiger partial charge in [-0.1, -0.05) is 30.3 Å². The number of aromatic nitrogens is 1. The smallest absolute Gasteiger partial charge is 0.318 e. The topological polar surface area (TPSA) is 142 Å². The lowest BCUT2D eigenvalue weighted by atomic mass is 10.2. The fourth-order valence-electron chi connectivity index (χ4n) is 3.10. The number of benzene rings is 3. The van der Waals surface area contributed by atoms with Crippen LogP contribution in [0.2, 0.25) is 0 Å². The van der Waals surface area contributed by atoms with Crippen LogP contribution in [0.25, 0.3) is 11.3 Å². The van der Waals surface area contributed by atoms with Crippen molar-refractivity contribution in [3.63, 3.8) is 0 Å². The van der Waals surface area contributed by atoms with Gasteiger partial charge in [-0.05, 0) is 39.7 Å². The van der Waals surface area contributed by atoms with Crippen molar-refractivity contribution in [2.24, 2.45) is 5.10 Å². The third kappa shape index (κ3) is 5.64. The molecule has 0 saturated heterocycles. The van der Waals surface area contributed by atoms with E-state index in [1.54, 1.807) is 18.3 Å². The summed E-state index contributed by atoms with van der Waals surface area (Å²) in [6.07, 6.45) is 1.55. The van der Waals surface area contributed by atoms with Gasteiger partial charge in [0.1, 0.15) is 0 Å². The van der Waals surface area contributed by atoms with Crippen molar-refractivity contribution in [3.05, 3.63) is 96.3 Å². The van der Waals surface area contributed by atoms with Gasteiger partial charge in [0.25, 0.3) is 5.69 Å². The van der Waals surface area contributed by atoms with Gasteiger partial charge in [0.15, 0.2) is 11.5 Å². The van der Waals surface area contributed by atoms with Crippen LogP contribution in [0, 0.1) is 20.2 Å². The molecule has 1 N–H and O–H groups in total. The molecule has 0 radical (unpaired) electrons. The molecule has 36 heavy (non-hydrogen) atoms. The first-order valence-electron chi connectivity index (χ1n) is 10.1. The summed E-state index contributed by atoms with van der Waals surface area (Å²) in [5, 5.41) is 29.2. The largest absolute Gasteiger partial charge is 0.493 e. The van der Waals surface area contributed by atoms with Gasteiger partial charge >= 0.3 is 5.69 Å². The predicted molar refractivity (Wildman–Crippen MR) is 139 cm³/mol. The molecule has 0 atom stereocenters. The number of nitrogens with zero attached hydrogens (tertiary/aromatic N) is 4. The Morgan fingerprint density at radius 2 is 1.83 bits per heavy atom. The van der Waals surface area contributed by atoms with Gasteiger partial charge in [0.05, 0.1) is 39.4 Å². The number of non-ortho nitro benzene ring substituents is 1. The maximum atomic E-state index is 11.4. The number of hydrogen-bond donors (Lipinski definition) is 1. The Morgan fingerprint density at radius 3 is 2.53 bits per heavy atom. The van der Waals surface area contributed by atoms with Crippen LogP contribution in [0.5, 0.6) is 17.2 Å². The average Bonchev–Trinajstić information content (AvgIpc) is 3.34. The molecule has 1 heterocycles.